The third-order valence-electron chi connectivity index (χ3n) is 4.11. The number of carbonyl (C=O) groups excluding carboxylic acids is 1. The first-order valence-corrected chi connectivity index (χ1v) is 10.2. The van der Waals surface area contributed by atoms with E-state index < -0.39 is 27.4 Å². The molecular weight excluding hydrogens is 402 g/mol. The molecule has 0 heterocycles. The van der Waals surface area contributed by atoms with Crippen molar-refractivity contribution in [2.24, 2.45) is 0 Å². The maximum atomic E-state index is 12.6. The molecule has 0 saturated heterocycles. The summed E-state index contributed by atoms with van der Waals surface area (Å²) in [5.41, 5.74) is 0.271. The SMILES string of the molecule is COc1ccc(NC(=O)CN(c2cccc([N+](=O)[O-])c2C)S(C)(=O)=O)c(OC)c1. The van der Waals surface area contributed by atoms with Crippen LogP contribution in [-0.2, 0) is 14.8 Å². The quantitative estimate of drug-likeness (QED) is 0.510. The van der Waals surface area contributed by atoms with Crippen LogP contribution in [0.1, 0.15) is 5.56 Å². The van der Waals surface area contributed by atoms with Crippen LogP contribution in [0.3, 0.4) is 0 Å². The van der Waals surface area contributed by atoms with Gasteiger partial charge in [0, 0.05) is 12.1 Å². The van der Waals surface area contributed by atoms with E-state index in [0.29, 0.717) is 17.2 Å². The lowest BCUT2D eigenvalue weighted by Gasteiger charge is -2.23. The van der Waals surface area contributed by atoms with Gasteiger partial charge in [0.25, 0.3) is 5.69 Å². The molecule has 0 radical (unpaired) electrons. The van der Waals surface area contributed by atoms with Gasteiger partial charge in [-0.2, -0.15) is 0 Å². The molecule has 0 aliphatic carbocycles. The molecule has 10 nitrogen and oxygen atoms in total. The average Bonchev–Trinajstić information content (AvgIpc) is 2.65. The summed E-state index contributed by atoms with van der Waals surface area (Å²) < 4.78 is 35.7. The minimum Gasteiger partial charge on any atom is -0.497 e. The number of nitrogens with one attached hydrogen (secondary N) is 1. The van der Waals surface area contributed by atoms with Gasteiger partial charge in [-0.25, -0.2) is 8.42 Å². The fourth-order valence-corrected chi connectivity index (χ4v) is 3.59. The van der Waals surface area contributed by atoms with Gasteiger partial charge in [-0.3, -0.25) is 19.2 Å². The number of nitro groups is 1. The smallest absolute Gasteiger partial charge is 0.274 e. The number of hydrogen-bond acceptors (Lipinski definition) is 7. The lowest BCUT2D eigenvalue weighted by Crippen LogP contribution is -2.38. The van der Waals surface area contributed by atoms with E-state index in [1.165, 1.54) is 39.3 Å². The molecule has 1 amide bonds. The minimum absolute atomic E-state index is 0.0542. The van der Waals surface area contributed by atoms with Gasteiger partial charge < -0.3 is 14.8 Å². The molecule has 0 fully saturated rings. The van der Waals surface area contributed by atoms with Crippen molar-refractivity contribution in [3.8, 4) is 11.5 Å². The van der Waals surface area contributed by atoms with Crippen molar-refractivity contribution in [2.45, 2.75) is 6.92 Å². The molecule has 2 aromatic carbocycles. The second-order valence-electron chi connectivity index (χ2n) is 6.06. The fraction of sp³-hybridized carbons (Fsp3) is 0.278. The number of nitro benzene ring substituents is 1. The van der Waals surface area contributed by atoms with Crippen LogP contribution in [0.5, 0.6) is 11.5 Å². The van der Waals surface area contributed by atoms with Crippen molar-refractivity contribution in [1.29, 1.82) is 0 Å². The highest BCUT2D eigenvalue weighted by molar-refractivity contribution is 7.92. The third-order valence-corrected chi connectivity index (χ3v) is 5.24. The summed E-state index contributed by atoms with van der Waals surface area (Å²) in [5, 5.41) is 13.7. The van der Waals surface area contributed by atoms with Crippen LogP contribution in [0, 0.1) is 17.0 Å². The molecule has 156 valence electrons. The van der Waals surface area contributed by atoms with Gasteiger partial charge in [-0.05, 0) is 25.1 Å². The summed E-state index contributed by atoms with van der Waals surface area (Å²) in [6.45, 7) is 0.853. The largest absolute Gasteiger partial charge is 0.497 e. The number of methoxy groups -OCH3 is 2. The number of nitrogens with zero attached hydrogens (tertiary/aromatic N) is 2. The van der Waals surface area contributed by atoms with E-state index in [0.717, 1.165) is 10.6 Å². The number of amides is 1. The third kappa shape index (κ3) is 5.13. The standard InChI is InChI=1S/C18H21N3O7S/c1-12-15(6-5-7-16(12)21(23)24)20(29(4,25)26)11-18(22)19-14-9-8-13(27-2)10-17(14)28-3/h5-10H,11H2,1-4H3,(H,19,22). The first-order chi connectivity index (χ1) is 13.6. The van der Waals surface area contributed by atoms with Crippen LogP contribution in [0.4, 0.5) is 17.1 Å². The number of rotatable bonds is 8. The highest BCUT2D eigenvalue weighted by Gasteiger charge is 2.26. The Morgan fingerprint density at radius 2 is 1.90 bits per heavy atom. The highest BCUT2D eigenvalue weighted by Crippen LogP contribution is 2.31. The molecule has 0 aromatic heterocycles. The summed E-state index contributed by atoms with van der Waals surface area (Å²) in [7, 11) is -0.997. The maximum absolute atomic E-state index is 12.6. The zero-order valence-corrected chi connectivity index (χ0v) is 17.1. The summed E-state index contributed by atoms with van der Waals surface area (Å²) in [5.74, 6) is 0.199. The first-order valence-electron chi connectivity index (χ1n) is 8.32. The van der Waals surface area contributed by atoms with Crippen molar-refractivity contribution in [1.82, 2.24) is 0 Å². The second kappa shape index (κ2) is 8.78. The summed E-state index contributed by atoms with van der Waals surface area (Å²) >= 11 is 0. The maximum Gasteiger partial charge on any atom is 0.274 e. The van der Waals surface area contributed by atoms with Gasteiger partial charge in [-0.15, -0.1) is 0 Å². The Morgan fingerprint density at radius 3 is 2.45 bits per heavy atom. The molecule has 2 rings (SSSR count). The van der Waals surface area contributed by atoms with Crippen molar-refractivity contribution >= 4 is 33.0 Å². The number of ether oxygens (including phenoxy) is 2. The van der Waals surface area contributed by atoms with Crippen molar-refractivity contribution < 1.29 is 27.6 Å². The van der Waals surface area contributed by atoms with E-state index in [1.807, 2.05) is 0 Å². The van der Waals surface area contributed by atoms with Crippen LogP contribution in [0.2, 0.25) is 0 Å². The minimum atomic E-state index is -3.90. The Morgan fingerprint density at radius 1 is 1.21 bits per heavy atom. The number of sulfonamides is 1. The van der Waals surface area contributed by atoms with E-state index in [1.54, 1.807) is 18.2 Å². The van der Waals surface area contributed by atoms with E-state index in [-0.39, 0.29) is 16.9 Å². The molecule has 0 unspecified atom stereocenters. The Bertz CT molecular complexity index is 1040. The van der Waals surface area contributed by atoms with Crippen LogP contribution >= 0.6 is 0 Å². The van der Waals surface area contributed by atoms with Crippen molar-refractivity contribution in [3.63, 3.8) is 0 Å². The van der Waals surface area contributed by atoms with E-state index in [9.17, 15) is 23.3 Å². The first kappa shape index (κ1) is 22.0. The molecule has 29 heavy (non-hydrogen) atoms. The number of hydrogen-bond donors (Lipinski definition) is 1. The van der Waals surface area contributed by atoms with Crippen LogP contribution in [0.25, 0.3) is 0 Å². The van der Waals surface area contributed by atoms with E-state index >= 15 is 0 Å². The van der Waals surface area contributed by atoms with Gasteiger partial charge in [0.2, 0.25) is 15.9 Å². The Balaban J connectivity index is 2.35. The van der Waals surface area contributed by atoms with Gasteiger partial charge in [0.15, 0.2) is 0 Å². The molecule has 0 aliphatic rings. The number of carbonyl (C=O) groups is 1. The topological polar surface area (TPSA) is 128 Å². The lowest BCUT2D eigenvalue weighted by molar-refractivity contribution is -0.385. The summed E-state index contributed by atoms with van der Waals surface area (Å²) in [6.07, 6.45) is 0.923. The zero-order chi connectivity index (χ0) is 21.8. The Kier molecular flexibility index (Phi) is 6.64. The molecule has 0 bridgehead atoms. The van der Waals surface area contributed by atoms with Crippen LogP contribution < -0.4 is 19.1 Å². The number of benzene rings is 2. The average molecular weight is 423 g/mol. The van der Waals surface area contributed by atoms with Crippen LogP contribution in [-0.4, -0.2) is 46.3 Å². The summed E-state index contributed by atoms with van der Waals surface area (Å²) in [4.78, 5) is 23.1. The van der Waals surface area contributed by atoms with Gasteiger partial charge in [0.05, 0.1) is 42.3 Å². The normalized spacial score (nSPS) is 10.9. The molecule has 2 aromatic rings. The molecule has 0 spiro atoms. The molecule has 11 heteroatoms. The van der Waals surface area contributed by atoms with Crippen LogP contribution in [0.15, 0.2) is 36.4 Å². The molecule has 0 saturated carbocycles. The second-order valence-corrected chi connectivity index (χ2v) is 7.97. The Hall–Kier alpha value is -3.34. The number of anilines is 2. The summed E-state index contributed by atoms with van der Waals surface area (Å²) in [6, 6.07) is 8.76. The van der Waals surface area contributed by atoms with Crippen molar-refractivity contribution in [3.05, 3.63) is 52.1 Å². The molecular formula is C18H21N3O7S. The monoisotopic (exact) mass is 423 g/mol. The zero-order valence-electron chi connectivity index (χ0n) is 16.3. The predicted octanol–water partition coefficient (Wildman–Crippen LogP) is 2.33. The fourth-order valence-electron chi connectivity index (χ4n) is 2.68. The predicted molar refractivity (Wildman–Crippen MR) is 108 cm³/mol. The highest BCUT2D eigenvalue weighted by atomic mass is 32.2. The lowest BCUT2D eigenvalue weighted by atomic mass is 10.1. The van der Waals surface area contributed by atoms with E-state index in [2.05, 4.69) is 5.32 Å². The van der Waals surface area contributed by atoms with Gasteiger partial charge in [0.1, 0.15) is 18.0 Å². The Labute approximate surface area is 168 Å². The molecule has 0 aliphatic heterocycles. The van der Waals surface area contributed by atoms with Gasteiger partial charge in [-0.1, -0.05) is 6.07 Å². The van der Waals surface area contributed by atoms with E-state index in [4.69, 9.17) is 9.47 Å². The molecule has 0 atom stereocenters. The van der Waals surface area contributed by atoms with Crippen molar-refractivity contribution in [2.75, 3.05) is 36.6 Å². The van der Waals surface area contributed by atoms with Gasteiger partial charge >= 0.3 is 0 Å². The molecule has 1 N–H and O–H groups in total.